The molecule has 1 aromatic rings. The SMILES string of the molecule is CCN1CC(O)=C(c2ccccc2)C1=N. The van der Waals surface area contributed by atoms with E-state index in [4.69, 9.17) is 5.41 Å². The number of hydrogen-bond acceptors (Lipinski definition) is 2. The molecule has 1 aliphatic heterocycles. The van der Waals surface area contributed by atoms with Crippen LogP contribution in [0.25, 0.3) is 5.57 Å². The zero-order valence-corrected chi connectivity index (χ0v) is 8.70. The first kappa shape index (κ1) is 9.77. The van der Waals surface area contributed by atoms with Crippen molar-refractivity contribution in [3.8, 4) is 0 Å². The molecule has 2 rings (SSSR count). The van der Waals surface area contributed by atoms with E-state index < -0.39 is 0 Å². The Morgan fingerprint density at radius 2 is 2.00 bits per heavy atom. The summed E-state index contributed by atoms with van der Waals surface area (Å²) in [4.78, 5) is 1.84. The quantitative estimate of drug-likeness (QED) is 0.772. The Labute approximate surface area is 89.2 Å². The van der Waals surface area contributed by atoms with Gasteiger partial charge in [-0.1, -0.05) is 30.3 Å². The van der Waals surface area contributed by atoms with Crippen LogP contribution < -0.4 is 0 Å². The molecule has 0 bridgehead atoms. The van der Waals surface area contributed by atoms with Gasteiger partial charge in [0, 0.05) is 6.54 Å². The van der Waals surface area contributed by atoms with Crippen molar-refractivity contribution in [3.05, 3.63) is 41.7 Å². The van der Waals surface area contributed by atoms with Gasteiger partial charge in [0.1, 0.15) is 11.6 Å². The van der Waals surface area contributed by atoms with Gasteiger partial charge in [-0.15, -0.1) is 0 Å². The van der Waals surface area contributed by atoms with Gasteiger partial charge in [0.25, 0.3) is 0 Å². The highest BCUT2D eigenvalue weighted by Gasteiger charge is 2.26. The highest BCUT2D eigenvalue weighted by Crippen LogP contribution is 2.26. The number of likely N-dealkylation sites (N-methyl/N-ethyl adjacent to an activating group) is 1. The van der Waals surface area contributed by atoms with Crippen LogP contribution in [-0.4, -0.2) is 28.9 Å². The normalized spacial score (nSPS) is 16.3. The summed E-state index contributed by atoms with van der Waals surface area (Å²) in [6.07, 6.45) is 0. The van der Waals surface area contributed by atoms with Crippen molar-refractivity contribution in [2.75, 3.05) is 13.1 Å². The number of benzene rings is 1. The average molecular weight is 202 g/mol. The maximum Gasteiger partial charge on any atom is 0.132 e. The van der Waals surface area contributed by atoms with Crippen LogP contribution in [0, 0.1) is 5.41 Å². The van der Waals surface area contributed by atoms with Crippen LogP contribution in [0.4, 0.5) is 0 Å². The lowest BCUT2D eigenvalue weighted by Crippen LogP contribution is -2.25. The summed E-state index contributed by atoms with van der Waals surface area (Å²) in [5.74, 6) is 0.717. The summed E-state index contributed by atoms with van der Waals surface area (Å²) >= 11 is 0. The fourth-order valence-electron chi connectivity index (χ4n) is 1.81. The second-order valence-corrected chi connectivity index (χ2v) is 3.55. The van der Waals surface area contributed by atoms with Gasteiger partial charge in [0.15, 0.2) is 0 Å². The predicted molar refractivity (Wildman–Crippen MR) is 61.0 cm³/mol. The van der Waals surface area contributed by atoms with E-state index in [1.807, 2.05) is 42.2 Å². The third kappa shape index (κ3) is 1.61. The Hall–Kier alpha value is -1.77. The molecule has 15 heavy (non-hydrogen) atoms. The van der Waals surface area contributed by atoms with Crippen molar-refractivity contribution < 1.29 is 5.11 Å². The minimum atomic E-state index is 0.299. The van der Waals surface area contributed by atoms with Crippen LogP contribution in [0.5, 0.6) is 0 Å². The van der Waals surface area contributed by atoms with Crippen LogP contribution in [-0.2, 0) is 0 Å². The standard InChI is InChI=1S/C12H14N2O/c1-2-14-8-10(15)11(12(14)13)9-6-4-3-5-7-9/h3-7,13,15H,2,8H2,1H3. The molecule has 0 amide bonds. The lowest BCUT2D eigenvalue weighted by Gasteiger charge is -2.15. The molecule has 1 heterocycles. The van der Waals surface area contributed by atoms with E-state index >= 15 is 0 Å². The molecular formula is C12H14N2O. The molecule has 2 N–H and O–H groups in total. The summed E-state index contributed by atoms with van der Waals surface area (Å²) in [5.41, 5.74) is 1.58. The molecule has 78 valence electrons. The summed E-state index contributed by atoms with van der Waals surface area (Å²) in [5, 5.41) is 17.8. The molecule has 0 aliphatic carbocycles. The fourth-order valence-corrected chi connectivity index (χ4v) is 1.81. The Bertz CT molecular complexity index is 409. The average Bonchev–Trinajstić information content (AvgIpc) is 2.55. The first-order chi connectivity index (χ1) is 7.24. The maximum atomic E-state index is 9.81. The Morgan fingerprint density at radius 1 is 1.33 bits per heavy atom. The molecule has 0 saturated carbocycles. The molecule has 0 atom stereocenters. The Kier molecular flexibility index (Phi) is 2.46. The van der Waals surface area contributed by atoms with E-state index in [-0.39, 0.29) is 0 Å². The smallest absolute Gasteiger partial charge is 0.132 e. The fraction of sp³-hybridized carbons (Fsp3) is 0.250. The predicted octanol–water partition coefficient (Wildman–Crippen LogP) is 2.27. The molecule has 0 unspecified atom stereocenters. The topological polar surface area (TPSA) is 47.3 Å². The molecule has 3 nitrogen and oxygen atoms in total. The van der Waals surface area contributed by atoms with Gasteiger partial charge >= 0.3 is 0 Å². The van der Waals surface area contributed by atoms with Crippen molar-refractivity contribution in [3.63, 3.8) is 0 Å². The number of hydrogen-bond donors (Lipinski definition) is 2. The van der Waals surface area contributed by atoms with Gasteiger partial charge in [-0.2, -0.15) is 0 Å². The van der Waals surface area contributed by atoms with E-state index in [0.717, 1.165) is 12.1 Å². The lowest BCUT2D eigenvalue weighted by atomic mass is 10.1. The highest BCUT2D eigenvalue weighted by molar-refractivity contribution is 6.23. The zero-order chi connectivity index (χ0) is 10.8. The van der Waals surface area contributed by atoms with Crippen molar-refractivity contribution in [2.24, 2.45) is 0 Å². The van der Waals surface area contributed by atoms with Crippen LogP contribution in [0.3, 0.4) is 0 Å². The Balaban J connectivity index is 2.38. The molecule has 0 aromatic heterocycles. The Morgan fingerprint density at radius 3 is 2.53 bits per heavy atom. The molecule has 0 saturated heterocycles. The van der Waals surface area contributed by atoms with Crippen LogP contribution in [0.1, 0.15) is 12.5 Å². The third-order valence-electron chi connectivity index (χ3n) is 2.63. The zero-order valence-electron chi connectivity index (χ0n) is 8.70. The van der Waals surface area contributed by atoms with Crippen molar-refractivity contribution >= 4 is 11.4 Å². The van der Waals surface area contributed by atoms with Gasteiger partial charge in [-0.05, 0) is 12.5 Å². The third-order valence-corrected chi connectivity index (χ3v) is 2.63. The number of amidine groups is 1. The highest BCUT2D eigenvalue weighted by atomic mass is 16.3. The van der Waals surface area contributed by atoms with Crippen molar-refractivity contribution in [1.82, 2.24) is 4.90 Å². The summed E-state index contributed by atoms with van der Waals surface area (Å²) < 4.78 is 0. The molecule has 0 fully saturated rings. The summed E-state index contributed by atoms with van der Waals surface area (Å²) in [7, 11) is 0. The van der Waals surface area contributed by atoms with Crippen molar-refractivity contribution in [1.29, 1.82) is 5.41 Å². The van der Waals surface area contributed by atoms with Crippen LogP contribution in [0.2, 0.25) is 0 Å². The summed E-state index contributed by atoms with van der Waals surface area (Å²) in [6.45, 7) is 3.19. The minimum Gasteiger partial charge on any atom is -0.510 e. The van der Waals surface area contributed by atoms with E-state index in [0.29, 0.717) is 23.7 Å². The van der Waals surface area contributed by atoms with Crippen molar-refractivity contribution in [2.45, 2.75) is 6.92 Å². The van der Waals surface area contributed by atoms with Gasteiger partial charge in [0.05, 0.1) is 12.1 Å². The van der Waals surface area contributed by atoms with E-state index in [2.05, 4.69) is 0 Å². The molecule has 0 radical (unpaired) electrons. The molecule has 1 aromatic carbocycles. The molecular weight excluding hydrogens is 188 g/mol. The number of aliphatic hydroxyl groups excluding tert-OH is 1. The lowest BCUT2D eigenvalue weighted by molar-refractivity contribution is 0.357. The minimum absolute atomic E-state index is 0.299. The number of rotatable bonds is 2. The van der Waals surface area contributed by atoms with Crippen LogP contribution >= 0.6 is 0 Å². The molecule has 3 heteroatoms. The number of aliphatic hydroxyl groups is 1. The summed E-state index contributed by atoms with van der Waals surface area (Å²) in [6, 6.07) is 9.59. The van der Waals surface area contributed by atoms with Gasteiger partial charge in [0.2, 0.25) is 0 Å². The second-order valence-electron chi connectivity index (χ2n) is 3.55. The van der Waals surface area contributed by atoms with Crippen LogP contribution in [0.15, 0.2) is 36.1 Å². The van der Waals surface area contributed by atoms with Gasteiger partial charge in [-0.25, -0.2) is 0 Å². The maximum absolute atomic E-state index is 9.81. The largest absolute Gasteiger partial charge is 0.510 e. The second kappa shape index (κ2) is 3.77. The first-order valence-corrected chi connectivity index (χ1v) is 5.05. The van der Waals surface area contributed by atoms with E-state index in [9.17, 15) is 5.11 Å². The van der Waals surface area contributed by atoms with E-state index in [1.165, 1.54) is 0 Å². The molecule has 1 aliphatic rings. The first-order valence-electron chi connectivity index (χ1n) is 5.05. The van der Waals surface area contributed by atoms with Gasteiger partial charge in [-0.3, -0.25) is 5.41 Å². The molecule has 0 spiro atoms. The number of nitrogens with one attached hydrogen (secondary N) is 1. The monoisotopic (exact) mass is 202 g/mol. The van der Waals surface area contributed by atoms with Gasteiger partial charge < -0.3 is 10.0 Å². The number of nitrogens with zero attached hydrogens (tertiary/aromatic N) is 1. The van der Waals surface area contributed by atoms with E-state index in [1.54, 1.807) is 0 Å².